The van der Waals surface area contributed by atoms with Gasteiger partial charge in [-0.25, -0.2) is 4.39 Å². The number of fused-ring (bicyclic) bond motifs is 2. The molecule has 0 unspecified atom stereocenters. The lowest BCUT2D eigenvalue weighted by Crippen LogP contribution is -2.34. The lowest BCUT2D eigenvalue weighted by Gasteiger charge is -2.23. The summed E-state index contributed by atoms with van der Waals surface area (Å²) in [5.41, 5.74) is 4.83. The first-order valence-corrected chi connectivity index (χ1v) is 10.7. The molecule has 6 nitrogen and oxygen atoms in total. The van der Waals surface area contributed by atoms with E-state index in [-0.39, 0.29) is 24.1 Å². The molecule has 0 bridgehead atoms. The van der Waals surface area contributed by atoms with Gasteiger partial charge in [0.15, 0.2) is 6.10 Å². The highest BCUT2D eigenvalue weighted by Gasteiger charge is 2.23. The Bertz CT molecular complexity index is 1360. The van der Waals surface area contributed by atoms with Crippen molar-refractivity contribution in [3.05, 3.63) is 78.1 Å². The van der Waals surface area contributed by atoms with Gasteiger partial charge >= 0.3 is 0 Å². The molecule has 2 amide bonds. The summed E-state index contributed by atoms with van der Waals surface area (Å²) in [5.74, 6) is -0.0972. The first-order valence-electron chi connectivity index (χ1n) is 10.7. The zero-order valence-electron chi connectivity index (χ0n) is 17.9. The highest BCUT2D eigenvalue weighted by atomic mass is 19.1. The Labute approximate surface area is 189 Å². The molecule has 1 atom stereocenters. The summed E-state index contributed by atoms with van der Waals surface area (Å²) in [6.45, 7) is 1.68. The normalized spacial score (nSPS) is 15.0. The summed E-state index contributed by atoms with van der Waals surface area (Å²) >= 11 is 0. The van der Waals surface area contributed by atoms with Crippen molar-refractivity contribution < 1.29 is 18.7 Å². The molecule has 0 spiro atoms. The van der Waals surface area contributed by atoms with Crippen LogP contribution in [0.1, 0.15) is 18.9 Å². The standard InChI is InChI=1S/C26H22FN3O3/c1-15-26(32)30-22-14-18(10-12-23(22)33-15)28-24(31)13-11-20-19-4-2-3-5-21(19)29-25(20)16-6-8-17(27)9-7-16/h2-10,12,14-15,29H,11,13H2,1H3,(H,28,31)(H,30,32)/t15-/m1/s1. The Hall–Kier alpha value is -4.13. The van der Waals surface area contributed by atoms with Crippen molar-refractivity contribution in [2.75, 3.05) is 10.6 Å². The van der Waals surface area contributed by atoms with Crippen LogP contribution in [0, 0.1) is 5.82 Å². The van der Waals surface area contributed by atoms with Gasteiger partial charge in [0.25, 0.3) is 5.91 Å². The summed E-state index contributed by atoms with van der Waals surface area (Å²) < 4.78 is 19.0. The van der Waals surface area contributed by atoms with E-state index in [1.54, 1.807) is 37.3 Å². The molecule has 33 heavy (non-hydrogen) atoms. The number of aromatic nitrogens is 1. The fraction of sp³-hybridized carbons (Fsp3) is 0.154. The molecule has 3 N–H and O–H groups in total. The summed E-state index contributed by atoms with van der Waals surface area (Å²) in [6.07, 6.45) is 0.210. The van der Waals surface area contributed by atoms with Gasteiger partial charge in [-0.1, -0.05) is 18.2 Å². The number of hydrogen-bond acceptors (Lipinski definition) is 3. The molecule has 0 fully saturated rings. The molecular weight excluding hydrogens is 421 g/mol. The summed E-state index contributed by atoms with van der Waals surface area (Å²) in [4.78, 5) is 28.0. The second kappa shape index (κ2) is 8.43. The number of aromatic amines is 1. The van der Waals surface area contributed by atoms with Crippen LogP contribution in [0.15, 0.2) is 66.7 Å². The summed E-state index contributed by atoms with van der Waals surface area (Å²) in [6, 6.07) is 19.4. The van der Waals surface area contributed by atoms with Crippen LogP contribution < -0.4 is 15.4 Å². The largest absolute Gasteiger partial charge is 0.479 e. The zero-order valence-corrected chi connectivity index (χ0v) is 17.9. The number of hydrogen-bond donors (Lipinski definition) is 3. The van der Waals surface area contributed by atoms with Crippen molar-refractivity contribution in [2.24, 2.45) is 0 Å². The van der Waals surface area contributed by atoms with Crippen LogP contribution in [-0.4, -0.2) is 22.9 Å². The molecule has 1 aromatic heterocycles. The molecule has 1 aliphatic rings. The number of anilines is 2. The third kappa shape index (κ3) is 4.17. The van der Waals surface area contributed by atoms with Crippen molar-refractivity contribution in [3.63, 3.8) is 0 Å². The molecule has 3 aromatic carbocycles. The van der Waals surface area contributed by atoms with Gasteiger partial charge in [0, 0.05) is 28.7 Å². The van der Waals surface area contributed by atoms with Crippen LogP contribution in [0.5, 0.6) is 5.75 Å². The molecule has 4 aromatic rings. The predicted octanol–water partition coefficient (Wildman–Crippen LogP) is 5.26. The lowest BCUT2D eigenvalue weighted by molar-refractivity contribution is -0.122. The number of carbonyl (C=O) groups is 2. The molecule has 166 valence electrons. The fourth-order valence-electron chi connectivity index (χ4n) is 4.07. The quantitative estimate of drug-likeness (QED) is 0.393. The van der Waals surface area contributed by atoms with Crippen LogP contribution in [-0.2, 0) is 16.0 Å². The van der Waals surface area contributed by atoms with Crippen molar-refractivity contribution in [1.82, 2.24) is 4.98 Å². The van der Waals surface area contributed by atoms with Gasteiger partial charge in [-0.05, 0) is 73.0 Å². The number of nitrogens with one attached hydrogen (secondary N) is 3. The Morgan fingerprint density at radius 1 is 1.09 bits per heavy atom. The van der Waals surface area contributed by atoms with Gasteiger partial charge in [0.1, 0.15) is 11.6 Å². The number of amides is 2. The molecule has 0 saturated heterocycles. The van der Waals surface area contributed by atoms with Crippen molar-refractivity contribution >= 4 is 34.1 Å². The van der Waals surface area contributed by atoms with Crippen LogP contribution >= 0.6 is 0 Å². The average Bonchev–Trinajstić information content (AvgIpc) is 3.18. The minimum absolute atomic E-state index is 0.151. The Morgan fingerprint density at radius 3 is 2.70 bits per heavy atom. The molecular formula is C26H22FN3O3. The van der Waals surface area contributed by atoms with Gasteiger partial charge in [-0.15, -0.1) is 0 Å². The van der Waals surface area contributed by atoms with Gasteiger partial charge < -0.3 is 20.4 Å². The van der Waals surface area contributed by atoms with Crippen molar-refractivity contribution in [2.45, 2.75) is 25.9 Å². The van der Waals surface area contributed by atoms with E-state index >= 15 is 0 Å². The smallest absolute Gasteiger partial charge is 0.265 e. The number of benzene rings is 3. The van der Waals surface area contributed by atoms with Gasteiger partial charge in [-0.2, -0.15) is 0 Å². The minimum atomic E-state index is -0.551. The number of rotatable bonds is 5. The summed E-state index contributed by atoms with van der Waals surface area (Å²) in [5, 5.41) is 6.71. The second-order valence-electron chi connectivity index (χ2n) is 8.04. The Kier molecular flexibility index (Phi) is 5.30. The van der Waals surface area contributed by atoms with Gasteiger partial charge in [-0.3, -0.25) is 9.59 Å². The van der Waals surface area contributed by atoms with Gasteiger partial charge in [0.2, 0.25) is 5.91 Å². The first-order chi connectivity index (χ1) is 16.0. The first kappa shape index (κ1) is 20.8. The van der Waals surface area contributed by atoms with Crippen LogP contribution in [0.3, 0.4) is 0 Å². The number of H-pyrrole nitrogens is 1. The van der Waals surface area contributed by atoms with Crippen molar-refractivity contribution in [3.8, 4) is 17.0 Å². The molecule has 0 aliphatic carbocycles. The number of ether oxygens (including phenoxy) is 1. The highest BCUT2D eigenvalue weighted by Crippen LogP contribution is 2.33. The third-order valence-electron chi connectivity index (χ3n) is 5.74. The SMILES string of the molecule is C[C@H]1Oc2ccc(NC(=O)CCc3c(-c4ccc(F)cc4)[nH]c4ccccc34)cc2NC1=O. The van der Waals surface area contributed by atoms with E-state index in [9.17, 15) is 14.0 Å². The zero-order chi connectivity index (χ0) is 22.9. The number of carbonyl (C=O) groups excluding carboxylic acids is 2. The van der Waals surface area contributed by atoms with E-state index in [4.69, 9.17) is 4.74 Å². The van der Waals surface area contributed by atoms with Crippen LogP contribution in [0.25, 0.3) is 22.2 Å². The number of halogens is 1. The molecule has 5 rings (SSSR count). The minimum Gasteiger partial charge on any atom is -0.479 e. The van der Waals surface area contributed by atoms with E-state index in [0.29, 0.717) is 23.5 Å². The van der Waals surface area contributed by atoms with E-state index < -0.39 is 6.10 Å². The lowest BCUT2D eigenvalue weighted by atomic mass is 10.0. The molecule has 1 aliphatic heterocycles. The van der Waals surface area contributed by atoms with E-state index in [0.717, 1.165) is 27.7 Å². The summed E-state index contributed by atoms with van der Waals surface area (Å²) in [7, 11) is 0. The predicted molar refractivity (Wildman–Crippen MR) is 126 cm³/mol. The molecule has 2 heterocycles. The second-order valence-corrected chi connectivity index (χ2v) is 8.04. The average molecular weight is 443 g/mol. The van der Waals surface area contributed by atoms with Gasteiger partial charge in [0.05, 0.1) is 5.69 Å². The Morgan fingerprint density at radius 2 is 1.88 bits per heavy atom. The maximum Gasteiger partial charge on any atom is 0.265 e. The fourth-order valence-corrected chi connectivity index (χ4v) is 4.07. The number of para-hydroxylation sites is 1. The van der Waals surface area contributed by atoms with E-state index in [1.165, 1.54) is 12.1 Å². The molecule has 0 saturated carbocycles. The molecule has 0 radical (unpaired) electrons. The Balaban J connectivity index is 1.34. The molecule has 7 heteroatoms. The topological polar surface area (TPSA) is 83.2 Å². The maximum atomic E-state index is 13.4. The third-order valence-corrected chi connectivity index (χ3v) is 5.74. The van der Waals surface area contributed by atoms with Crippen molar-refractivity contribution in [1.29, 1.82) is 0 Å². The van der Waals surface area contributed by atoms with Crippen LogP contribution in [0.2, 0.25) is 0 Å². The van der Waals surface area contributed by atoms with Crippen LogP contribution in [0.4, 0.5) is 15.8 Å². The van der Waals surface area contributed by atoms with E-state index in [2.05, 4.69) is 15.6 Å². The monoisotopic (exact) mass is 443 g/mol. The maximum absolute atomic E-state index is 13.4. The highest BCUT2D eigenvalue weighted by molar-refractivity contribution is 5.99. The van der Waals surface area contributed by atoms with E-state index in [1.807, 2.05) is 24.3 Å². The number of aryl methyl sites for hydroxylation is 1.